The molecule has 31 heavy (non-hydrogen) atoms. The van der Waals surface area contributed by atoms with Crippen LogP contribution in [0.4, 0.5) is 5.69 Å². The first kappa shape index (κ1) is 22.8. The molecule has 0 heterocycles. The van der Waals surface area contributed by atoms with E-state index in [9.17, 15) is 13.2 Å². The van der Waals surface area contributed by atoms with E-state index in [1.165, 1.54) is 35.4 Å². The van der Waals surface area contributed by atoms with Crippen molar-refractivity contribution in [2.75, 3.05) is 11.3 Å². The highest BCUT2D eigenvalue weighted by Crippen LogP contribution is 2.26. The molecule has 0 spiro atoms. The summed E-state index contributed by atoms with van der Waals surface area (Å²) in [6.07, 6.45) is 1.69. The van der Waals surface area contributed by atoms with Gasteiger partial charge in [0, 0.05) is 12.1 Å². The molecular formula is C24H25ClN2O3S. The summed E-state index contributed by atoms with van der Waals surface area (Å²) in [5.74, 6) is -0.251. The van der Waals surface area contributed by atoms with E-state index in [4.69, 9.17) is 11.6 Å². The maximum Gasteiger partial charge on any atom is 0.261 e. The maximum atomic E-state index is 12.5. The summed E-state index contributed by atoms with van der Waals surface area (Å²) in [5, 5.41) is 3.03. The first-order valence-electron chi connectivity index (χ1n) is 9.97. The van der Waals surface area contributed by atoms with Crippen molar-refractivity contribution in [2.24, 2.45) is 0 Å². The van der Waals surface area contributed by atoms with Crippen molar-refractivity contribution in [3.63, 3.8) is 0 Å². The molecule has 162 valence electrons. The third-order valence-corrected chi connectivity index (χ3v) is 6.55. The molecule has 0 aliphatic heterocycles. The van der Waals surface area contributed by atoms with Crippen molar-refractivity contribution in [3.8, 4) is 0 Å². The van der Waals surface area contributed by atoms with E-state index in [2.05, 4.69) is 34.3 Å². The Hall–Kier alpha value is -2.83. The van der Waals surface area contributed by atoms with E-state index >= 15 is 0 Å². The second-order valence-corrected chi connectivity index (χ2v) is 9.55. The lowest BCUT2D eigenvalue weighted by Gasteiger charge is -2.11. The van der Waals surface area contributed by atoms with Gasteiger partial charge in [-0.2, -0.15) is 0 Å². The van der Waals surface area contributed by atoms with Gasteiger partial charge in [0.25, 0.3) is 15.9 Å². The Morgan fingerprint density at radius 1 is 0.903 bits per heavy atom. The zero-order valence-corrected chi connectivity index (χ0v) is 19.1. The van der Waals surface area contributed by atoms with Crippen molar-refractivity contribution in [2.45, 2.75) is 31.6 Å². The van der Waals surface area contributed by atoms with Gasteiger partial charge in [0.1, 0.15) is 0 Å². The predicted octanol–water partition coefficient (Wildman–Crippen LogP) is 5.12. The van der Waals surface area contributed by atoms with E-state index < -0.39 is 10.0 Å². The van der Waals surface area contributed by atoms with Crippen molar-refractivity contribution < 1.29 is 13.2 Å². The average molecular weight is 457 g/mol. The summed E-state index contributed by atoms with van der Waals surface area (Å²) >= 11 is 6.24. The summed E-state index contributed by atoms with van der Waals surface area (Å²) in [4.78, 5) is 12.5. The molecule has 7 heteroatoms. The Labute approximate surface area is 188 Å². The molecule has 0 saturated carbocycles. The van der Waals surface area contributed by atoms with Crippen LogP contribution in [-0.2, 0) is 16.4 Å². The monoisotopic (exact) mass is 456 g/mol. The number of halogens is 1. The van der Waals surface area contributed by atoms with Crippen molar-refractivity contribution in [1.82, 2.24) is 5.32 Å². The van der Waals surface area contributed by atoms with E-state index in [-0.39, 0.29) is 21.5 Å². The van der Waals surface area contributed by atoms with Crippen LogP contribution in [0.5, 0.6) is 0 Å². The van der Waals surface area contributed by atoms with Crippen LogP contribution >= 0.6 is 11.6 Å². The molecule has 2 N–H and O–H groups in total. The van der Waals surface area contributed by atoms with E-state index in [1.54, 1.807) is 18.2 Å². The van der Waals surface area contributed by atoms with Gasteiger partial charge in [-0.3, -0.25) is 9.52 Å². The van der Waals surface area contributed by atoms with Crippen molar-refractivity contribution in [3.05, 3.63) is 94.0 Å². The Balaban J connectivity index is 1.57. The second kappa shape index (κ2) is 9.98. The second-order valence-electron chi connectivity index (χ2n) is 7.46. The maximum absolute atomic E-state index is 12.5. The Morgan fingerprint density at radius 3 is 2.13 bits per heavy atom. The number of aryl methyl sites for hydroxylation is 3. The molecule has 0 aliphatic rings. The molecule has 0 fully saturated rings. The summed E-state index contributed by atoms with van der Waals surface area (Å²) in [6.45, 7) is 4.47. The van der Waals surface area contributed by atoms with Crippen LogP contribution in [0.25, 0.3) is 0 Å². The third kappa shape index (κ3) is 6.32. The molecule has 0 saturated heterocycles. The highest BCUT2D eigenvalue weighted by atomic mass is 35.5. The fourth-order valence-electron chi connectivity index (χ4n) is 3.01. The number of carbonyl (C=O) groups is 1. The van der Waals surface area contributed by atoms with Gasteiger partial charge < -0.3 is 5.32 Å². The molecule has 0 atom stereocenters. The molecule has 0 aromatic heterocycles. The number of anilines is 1. The minimum Gasteiger partial charge on any atom is -0.352 e. The summed E-state index contributed by atoms with van der Waals surface area (Å²) < 4.78 is 27.6. The van der Waals surface area contributed by atoms with Gasteiger partial charge in [-0.05, 0) is 62.6 Å². The lowest BCUT2D eigenvalue weighted by Crippen LogP contribution is -2.24. The molecule has 3 aromatic carbocycles. The van der Waals surface area contributed by atoms with Crippen molar-refractivity contribution in [1.29, 1.82) is 0 Å². The van der Waals surface area contributed by atoms with Crippen LogP contribution in [0.3, 0.4) is 0 Å². The molecule has 1 amide bonds. The standard InChI is InChI=1S/C24H25ClN2O3S/c1-17-5-9-19(10-6-17)4-3-15-26-24(28)20-11-14-23(22(25)16-20)27-31(29,30)21-12-7-18(2)8-13-21/h5-14,16,27H,3-4,15H2,1-2H3,(H,26,28). The van der Waals surface area contributed by atoms with Crippen LogP contribution in [0.1, 0.15) is 33.5 Å². The largest absolute Gasteiger partial charge is 0.352 e. The third-order valence-electron chi connectivity index (χ3n) is 4.86. The van der Waals surface area contributed by atoms with Gasteiger partial charge in [-0.15, -0.1) is 0 Å². The van der Waals surface area contributed by atoms with Gasteiger partial charge in [0.2, 0.25) is 0 Å². The average Bonchev–Trinajstić information content (AvgIpc) is 2.74. The quantitative estimate of drug-likeness (QED) is 0.462. The van der Waals surface area contributed by atoms with Crippen LogP contribution in [0, 0.1) is 13.8 Å². The van der Waals surface area contributed by atoms with E-state index in [1.807, 2.05) is 13.8 Å². The van der Waals surface area contributed by atoms with Crippen LogP contribution in [-0.4, -0.2) is 20.9 Å². The highest BCUT2D eigenvalue weighted by molar-refractivity contribution is 7.92. The van der Waals surface area contributed by atoms with Crippen LogP contribution in [0.2, 0.25) is 5.02 Å². The number of amides is 1. The van der Waals surface area contributed by atoms with Crippen LogP contribution < -0.4 is 10.0 Å². The molecular weight excluding hydrogens is 432 g/mol. The zero-order valence-electron chi connectivity index (χ0n) is 17.5. The molecule has 0 aliphatic carbocycles. The number of sulfonamides is 1. The Bertz CT molecular complexity index is 1160. The van der Waals surface area contributed by atoms with Gasteiger partial charge in [-0.25, -0.2) is 8.42 Å². The van der Waals surface area contributed by atoms with Gasteiger partial charge in [0.15, 0.2) is 0 Å². The lowest BCUT2D eigenvalue weighted by molar-refractivity contribution is 0.0953. The molecule has 0 unspecified atom stereocenters. The summed E-state index contributed by atoms with van der Waals surface area (Å²) in [5.41, 5.74) is 4.01. The number of carbonyl (C=O) groups excluding carboxylic acids is 1. The number of benzene rings is 3. The minimum atomic E-state index is -3.77. The Morgan fingerprint density at radius 2 is 1.52 bits per heavy atom. The molecule has 0 bridgehead atoms. The number of hydrogen-bond donors (Lipinski definition) is 2. The number of hydrogen-bond acceptors (Lipinski definition) is 3. The smallest absolute Gasteiger partial charge is 0.261 e. The van der Waals surface area contributed by atoms with Crippen LogP contribution in [0.15, 0.2) is 71.6 Å². The summed E-state index contributed by atoms with van der Waals surface area (Å²) in [7, 11) is -3.77. The zero-order chi connectivity index (χ0) is 22.4. The fraction of sp³-hybridized carbons (Fsp3) is 0.208. The first-order chi connectivity index (χ1) is 14.7. The normalized spacial score (nSPS) is 11.2. The van der Waals surface area contributed by atoms with Crippen molar-refractivity contribution >= 4 is 33.2 Å². The number of nitrogens with one attached hydrogen (secondary N) is 2. The Kier molecular flexibility index (Phi) is 7.36. The lowest BCUT2D eigenvalue weighted by atomic mass is 10.1. The molecule has 3 rings (SSSR count). The minimum absolute atomic E-state index is 0.143. The van der Waals surface area contributed by atoms with Gasteiger partial charge in [-0.1, -0.05) is 59.1 Å². The molecule has 3 aromatic rings. The SMILES string of the molecule is Cc1ccc(CCCNC(=O)c2ccc(NS(=O)(=O)c3ccc(C)cc3)c(Cl)c2)cc1. The highest BCUT2D eigenvalue weighted by Gasteiger charge is 2.16. The molecule has 0 radical (unpaired) electrons. The summed E-state index contributed by atoms with van der Waals surface area (Å²) in [6, 6.07) is 19.3. The fourth-order valence-corrected chi connectivity index (χ4v) is 4.38. The predicted molar refractivity (Wildman–Crippen MR) is 125 cm³/mol. The number of rotatable bonds is 8. The van der Waals surface area contributed by atoms with E-state index in [0.29, 0.717) is 12.1 Å². The van der Waals surface area contributed by atoms with Gasteiger partial charge in [0.05, 0.1) is 15.6 Å². The van der Waals surface area contributed by atoms with E-state index in [0.717, 1.165) is 18.4 Å². The first-order valence-corrected chi connectivity index (χ1v) is 11.8. The molecule has 5 nitrogen and oxygen atoms in total. The van der Waals surface area contributed by atoms with Gasteiger partial charge >= 0.3 is 0 Å². The topological polar surface area (TPSA) is 75.3 Å².